The highest BCUT2D eigenvalue weighted by molar-refractivity contribution is 7.22. The number of hydrogen-bond donors (Lipinski definition) is 1. The van der Waals surface area contributed by atoms with Crippen molar-refractivity contribution in [1.82, 2.24) is 9.88 Å². The van der Waals surface area contributed by atoms with Crippen molar-refractivity contribution in [2.24, 2.45) is 0 Å². The quantitative estimate of drug-likeness (QED) is 0.685. The number of hydrogen-bond acceptors (Lipinski definition) is 7. The highest BCUT2D eigenvalue weighted by Crippen LogP contribution is 2.25. The first-order valence-electron chi connectivity index (χ1n) is 8.94. The molecule has 1 aliphatic rings. The summed E-state index contributed by atoms with van der Waals surface area (Å²) in [6, 6.07) is 12.9. The molecule has 1 amide bonds. The van der Waals surface area contributed by atoms with E-state index < -0.39 is 0 Å². The van der Waals surface area contributed by atoms with Crippen LogP contribution in [0.5, 0.6) is 0 Å². The van der Waals surface area contributed by atoms with E-state index in [1.165, 1.54) is 18.4 Å². The molecule has 0 unspecified atom stereocenters. The molecule has 0 radical (unpaired) electrons. The van der Waals surface area contributed by atoms with Gasteiger partial charge in [-0.2, -0.15) is 0 Å². The Kier molecular flexibility index (Phi) is 4.87. The Morgan fingerprint density at radius 1 is 1.04 bits per heavy atom. The molecule has 0 saturated carbocycles. The van der Waals surface area contributed by atoms with Gasteiger partial charge >= 0.3 is 5.97 Å². The summed E-state index contributed by atoms with van der Waals surface area (Å²) in [6.07, 6.45) is 0. The number of aromatic nitrogens is 1. The number of nitrogens with two attached hydrogens (primary N) is 1. The zero-order valence-electron chi connectivity index (χ0n) is 15.4. The lowest BCUT2D eigenvalue weighted by molar-refractivity contribution is 0.0600. The summed E-state index contributed by atoms with van der Waals surface area (Å²) in [7, 11) is 1.37. The van der Waals surface area contributed by atoms with Crippen LogP contribution < -0.4 is 10.6 Å². The maximum atomic E-state index is 12.8. The normalized spacial score (nSPS) is 14.3. The first-order chi connectivity index (χ1) is 13.5. The molecule has 8 heteroatoms. The standard InChI is InChI=1S/C20H20N4O3S/c1-27-19(26)13-2-5-15(6-3-13)23-8-10-24(11-9-23)18(25)14-4-7-17-16(12-14)22-20(21)28-17/h2-7,12H,8-11H2,1H3,(H2,21,22). The summed E-state index contributed by atoms with van der Waals surface area (Å²) in [6.45, 7) is 2.73. The van der Waals surface area contributed by atoms with E-state index in [0.29, 0.717) is 29.3 Å². The van der Waals surface area contributed by atoms with Crippen LogP contribution in [0.3, 0.4) is 0 Å². The zero-order chi connectivity index (χ0) is 19.7. The number of carbonyl (C=O) groups excluding carboxylic acids is 2. The number of amides is 1. The van der Waals surface area contributed by atoms with Crippen LogP contribution in [0.4, 0.5) is 10.8 Å². The molecule has 0 bridgehead atoms. The van der Waals surface area contributed by atoms with Crippen molar-refractivity contribution in [2.45, 2.75) is 0 Å². The number of thiazole rings is 1. The molecule has 1 aromatic heterocycles. The van der Waals surface area contributed by atoms with E-state index in [1.54, 1.807) is 12.1 Å². The van der Waals surface area contributed by atoms with Gasteiger partial charge < -0.3 is 20.3 Å². The molecule has 2 heterocycles. The predicted molar refractivity (Wildman–Crippen MR) is 110 cm³/mol. The number of fused-ring (bicyclic) bond motifs is 1. The molecule has 2 aromatic carbocycles. The van der Waals surface area contributed by atoms with Crippen LogP contribution in [0.2, 0.25) is 0 Å². The van der Waals surface area contributed by atoms with Crippen LogP contribution in [-0.2, 0) is 4.74 Å². The lowest BCUT2D eigenvalue weighted by Crippen LogP contribution is -2.48. The molecule has 4 rings (SSSR count). The van der Waals surface area contributed by atoms with Gasteiger partial charge in [0, 0.05) is 37.4 Å². The molecule has 28 heavy (non-hydrogen) atoms. The first kappa shape index (κ1) is 18.2. The molecular weight excluding hydrogens is 376 g/mol. The van der Waals surface area contributed by atoms with E-state index in [2.05, 4.69) is 9.88 Å². The van der Waals surface area contributed by atoms with E-state index >= 15 is 0 Å². The SMILES string of the molecule is COC(=O)c1ccc(N2CCN(C(=O)c3ccc4sc(N)nc4c3)CC2)cc1. The van der Waals surface area contributed by atoms with Crippen LogP contribution in [0.15, 0.2) is 42.5 Å². The molecular formula is C20H20N4O3S. The molecule has 0 aliphatic carbocycles. The van der Waals surface area contributed by atoms with Gasteiger partial charge in [-0.05, 0) is 42.5 Å². The molecule has 1 aliphatic heterocycles. The number of methoxy groups -OCH3 is 1. The van der Waals surface area contributed by atoms with Crippen molar-refractivity contribution < 1.29 is 14.3 Å². The van der Waals surface area contributed by atoms with Gasteiger partial charge in [-0.25, -0.2) is 9.78 Å². The second-order valence-electron chi connectivity index (χ2n) is 6.55. The van der Waals surface area contributed by atoms with E-state index in [-0.39, 0.29) is 11.9 Å². The number of nitrogens with zero attached hydrogens (tertiary/aromatic N) is 3. The van der Waals surface area contributed by atoms with Crippen molar-refractivity contribution >= 4 is 44.2 Å². The van der Waals surface area contributed by atoms with E-state index in [9.17, 15) is 9.59 Å². The van der Waals surface area contributed by atoms with Crippen molar-refractivity contribution in [2.75, 3.05) is 43.9 Å². The highest BCUT2D eigenvalue weighted by Gasteiger charge is 2.23. The number of carbonyl (C=O) groups is 2. The minimum Gasteiger partial charge on any atom is -0.465 e. The van der Waals surface area contributed by atoms with E-state index in [1.807, 2.05) is 35.2 Å². The molecule has 0 spiro atoms. The fourth-order valence-corrected chi connectivity index (χ4v) is 4.07. The maximum absolute atomic E-state index is 12.8. The lowest BCUT2D eigenvalue weighted by atomic mass is 10.1. The Bertz CT molecular complexity index is 1020. The number of piperazine rings is 1. The summed E-state index contributed by atoms with van der Waals surface area (Å²) >= 11 is 1.42. The number of benzene rings is 2. The molecule has 3 aromatic rings. The van der Waals surface area contributed by atoms with Crippen LogP contribution in [0, 0.1) is 0 Å². The number of anilines is 2. The number of esters is 1. The highest BCUT2D eigenvalue weighted by atomic mass is 32.1. The number of ether oxygens (including phenoxy) is 1. The first-order valence-corrected chi connectivity index (χ1v) is 9.75. The lowest BCUT2D eigenvalue weighted by Gasteiger charge is -2.36. The fraction of sp³-hybridized carbons (Fsp3) is 0.250. The van der Waals surface area contributed by atoms with E-state index in [4.69, 9.17) is 10.5 Å². The zero-order valence-corrected chi connectivity index (χ0v) is 16.2. The van der Waals surface area contributed by atoms with E-state index in [0.717, 1.165) is 29.0 Å². The molecule has 7 nitrogen and oxygen atoms in total. The third-order valence-electron chi connectivity index (χ3n) is 4.87. The molecule has 1 fully saturated rings. The average molecular weight is 396 g/mol. The summed E-state index contributed by atoms with van der Waals surface area (Å²) in [5.41, 5.74) is 8.69. The molecule has 2 N–H and O–H groups in total. The monoisotopic (exact) mass is 396 g/mol. The van der Waals surface area contributed by atoms with Gasteiger partial charge in [0.05, 0.1) is 22.9 Å². The molecule has 0 atom stereocenters. The summed E-state index contributed by atoms with van der Waals surface area (Å²) < 4.78 is 5.71. The van der Waals surface area contributed by atoms with Crippen LogP contribution in [0.1, 0.15) is 20.7 Å². The van der Waals surface area contributed by atoms with Crippen molar-refractivity contribution in [3.8, 4) is 0 Å². The molecule has 144 valence electrons. The maximum Gasteiger partial charge on any atom is 0.337 e. The Balaban J connectivity index is 1.41. The van der Waals surface area contributed by atoms with Crippen LogP contribution >= 0.6 is 11.3 Å². The van der Waals surface area contributed by atoms with Gasteiger partial charge in [0.25, 0.3) is 5.91 Å². The molecule has 1 saturated heterocycles. The number of nitrogen functional groups attached to an aromatic ring is 1. The Labute approximate surface area is 166 Å². The van der Waals surface area contributed by atoms with Gasteiger partial charge in [-0.3, -0.25) is 4.79 Å². The van der Waals surface area contributed by atoms with Crippen molar-refractivity contribution in [3.63, 3.8) is 0 Å². The minimum atomic E-state index is -0.346. The Morgan fingerprint density at radius 2 is 1.71 bits per heavy atom. The summed E-state index contributed by atoms with van der Waals surface area (Å²) in [4.78, 5) is 32.7. The average Bonchev–Trinajstić information content (AvgIpc) is 3.12. The summed E-state index contributed by atoms with van der Waals surface area (Å²) in [5, 5.41) is 0.506. The fourth-order valence-electron chi connectivity index (χ4n) is 3.35. The van der Waals surface area contributed by atoms with Gasteiger partial charge in [-0.15, -0.1) is 0 Å². The Morgan fingerprint density at radius 3 is 2.39 bits per heavy atom. The van der Waals surface area contributed by atoms with Crippen molar-refractivity contribution in [1.29, 1.82) is 0 Å². The van der Waals surface area contributed by atoms with Gasteiger partial charge in [0.2, 0.25) is 0 Å². The smallest absolute Gasteiger partial charge is 0.337 e. The largest absolute Gasteiger partial charge is 0.465 e. The predicted octanol–water partition coefficient (Wildman–Crippen LogP) is 2.63. The Hall–Kier alpha value is -3.13. The van der Waals surface area contributed by atoms with Gasteiger partial charge in [0.1, 0.15) is 0 Å². The number of rotatable bonds is 3. The van der Waals surface area contributed by atoms with Gasteiger partial charge in [0.15, 0.2) is 5.13 Å². The second-order valence-corrected chi connectivity index (χ2v) is 7.61. The third-order valence-corrected chi connectivity index (χ3v) is 5.74. The van der Waals surface area contributed by atoms with Crippen LogP contribution in [0.25, 0.3) is 10.2 Å². The van der Waals surface area contributed by atoms with Crippen molar-refractivity contribution in [3.05, 3.63) is 53.6 Å². The second kappa shape index (κ2) is 7.47. The van der Waals surface area contributed by atoms with Crippen LogP contribution in [-0.4, -0.2) is 55.0 Å². The van der Waals surface area contributed by atoms with Gasteiger partial charge in [-0.1, -0.05) is 11.3 Å². The topological polar surface area (TPSA) is 88.8 Å². The summed E-state index contributed by atoms with van der Waals surface area (Å²) in [5.74, 6) is -0.338. The third kappa shape index (κ3) is 3.50. The minimum absolute atomic E-state index is 0.00848.